The van der Waals surface area contributed by atoms with Gasteiger partial charge in [-0.1, -0.05) is 36.4 Å². The van der Waals surface area contributed by atoms with Crippen LogP contribution in [0.2, 0.25) is 0 Å². The molecule has 2 aromatic rings. The van der Waals surface area contributed by atoms with Gasteiger partial charge in [0.15, 0.2) is 0 Å². The summed E-state index contributed by atoms with van der Waals surface area (Å²) in [4.78, 5) is 4.63. The Morgan fingerprint density at radius 3 is 2.60 bits per heavy atom. The number of nitrogen functional groups attached to an aromatic ring is 2. The summed E-state index contributed by atoms with van der Waals surface area (Å²) in [5, 5.41) is 11.0. The minimum absolute atomic E-state index is 0.459. The Morgan fingerprint density at radius 1 is 1.00 bits per heavy atom. The van der Waals surface area contributed by atoms with E-state index < -0.39 is 0 Å². The van der Waals surface area contributed by atoms with Gasteiger partial charge in [0.25, 0.3) is 0 Å². The molecule has 6 N–H and O–H groups in total. The molecule has 0 radical (unpaired) electrons. The van der Waals surface area contributed by atoms with Crippen LogP contribution in [0.3, 0.4) is 0 Å². The fraction of sp³-hybridized carbons (Fsp3) is 0.100. The van der Waals surface area contributed by atoms with E-state index in [1.54, 1.807) is 18.2 Å². The molecule has 3 rings (SSSR count). The van der Waals surface area contributed by atoms with Crippen LogP contribution in [0.4, 0.5) is 22.7 Å². The number of rotatable bonds is 4. The van der Waals surface area contributed by atoms with Gasteiger partial charge in [0.05, 0.1) is 28.5 Å². The van der Waals surface area contributed by atoms with E-state index in [2.05, 4.69) is 22.4 Å². The number of allylic oxidation sites excluding steroid dienone is 4. The molecule has 0 saturated carbocycles. The van der Waals surface area contributed by atoms with Gasteiger partial charge in [-0.15, -0.1) is 0 Å². The van der Waals surface area contributed by atoms with Crippen LogP contribution >= 0.6 is 0 Å². The third kappa shape index (κ3) is 4.35. The van der Waals surface area contributed by atoms with Crippen molar-refractivity contribution in [2.45, 2.75) is 13.0 Å². The molecule has 0 bridgehead atoms. The average molecular weight is 331 g/mol. The second kappa shape index (κ2) is 7.49. The Balaban J connectivity index is 1.84. The first-order chi connectivity index (χ1) is 12.1. The van der Waals surface area contributed by atoms with E-state index in [0.717, 1.165) is 11.4 Å². The van der Waals surface area contributed by atoms with Gasteiger partial charge >= 0.3 is 0 Å². The Bertz CT molecular complexity index is 863. The molecule has 126 valence electrons. The average Bonchev–Trinajstić information content (AvgIpc) is 2.81. The smallest absolute Gasteiger partial charge is 0.0884 e. The second-order valence-corrected chi connectivity index (χ2v) is 5.84. The number of nitrogens with one attached hydrogen (secondary N) is 2. The van der Waals surface area contributed by atoms with E-state index in [1.807, 2.05) is 36.4 Å². The molecule has 0 amide bonds. The van der Waals surface area contributed by atoms with Gasteiger partial charge in [-0.3, -0.25) is 4.99 Å². The number of aliphatic imine (C=N–C) groups is 1. The standard InChI is InChI=1S/C20H21N5/c21-15-7-4-8-16(10-9-15)25-20-12-19(17(22)11-18(20)23)24-13-14-5-2-1-3-6-14/h1-7,9-12,21,24H,8,13,22-23H2. The molecule has 0 spiro atoms. The predicted molar refractivity (Wildman–Crippen MR) is 107 cm³/mol. The van der Waals surface area contributed by atoms with E-state index >= 15 is 0 Å². The van der Waals surface area contributed by atoms with Gasteiger partial charge in [0, 0.05) is 18.7 Å². The summed E-state index contributed by atoms with van der Waals surface area (Å²) in [7, 11) is 0. The zero-order valence-corrected chi connectivity index (χ0v) is 13.9. The summed E-state index contributed by atoms with van der Waals surface area (Å²) in [6.45, 7) is 0.671. The summed E-state index contributed by atoms with van der Waals surface area (Å²) in [6.07, 6.45) is 7.91. The Labute approximate surface area is 147 Å². The highest BCUT2D eigenvalue weighted by Gasteiger charge is 2.07. The molecular formula is C20H21N5. The lowest BCUT2D eigenvalue weighted by Crippen LogP contribution is -2.03. The fourth-order valence-electron chi connectivity index (χ4n) is 2.52. The molecule has 0 unspecified atom stereocenters. The maximum Gasteiger partial charge on any atom is 0.0884 e. The number of benzene rings is 2. The quantitative estimate of drug-likeness (QED) is 0.635. The lowest BCUT2D eigenvalue weighted by Gasteiger charge is -2.12. The minimum Gasteiger partial charge on any atom is -0.397 e. The number of anilines is 3. The largest absolute Gasteiger partial charge is 0.397 e. The molecule has 1 aliphatic carbocycles. The van der Waals surface area contributed by atoms with Crippen molar-refractivity contribution in [3.8, 4) is 0 Å². The molecule has 2 aromatic carbocycles. The normalized spacial score (nSPS) is 15.4. The topological polar surface area (TPSA) is 100 Å². The Morgan fingerprint density at radius 2 is 1.80 bits per heavy atom. The van der Waals surface area contributed by atoms with E-state index in [9.17, 15) is 0 Å². The van der Waals surface area contributed by atoms with Crippen molar-refractivity contribution in [1.29, 1.82) is 5.41 Å². The molecule has 0 aliphatic heterocycles. The van der Waals surface area contributed by atoms with E-state index in [4.69, 9.17) is 16.9 Å². The van der Waals surface area contributed by atoms with Crippen LogP contribution in [0.25, 0.3) is 0 Å². The second-order valence-electron chi connectivity index (χ2n) is 5.84. The lowest BCUT2D eigenvalue weighted by molar-refractivity contribution is 1.15. The van der Waals surface area contributed by atoms with Gasteiger partial charge in [-0.05, 0) is 35.9 Å². The third-order valence-corrected chi connectivity index (χ3v) is 3.87. The van der Waals surface area contributed by atoms with Crippen molar-refractivity contribution in [2.75, 3.05) is 16.8 Å². The highest BCUT2D eigenvalue weighted by molar-refractivity contribution is 6.10. The van der Waals surface area contributed by atoms with Gasteiger partial charge in [-0.25, -0.2) is 0 Å². The first kappa shape index (κ1) is 16.5. The Kier molecular flexibility index (Phi) is 4.95. The van der Waals surface area contributed by atoms with Crippen molar-refractivity contribution in [2.24, 2.45) is 4.99 Å². The molecule has 0 saturated heterocycles. The third-order valence-electron chi connectivity index (χ3n) is 3.87. The molecule has 25 heavy (non-hydrogen) atoms. The summed E-state index contributed by atoms with van der Waals surface area (Å²) >= 11 is 0. The zero-order valence-electron chi connectivity index (χ0n) is 13.9. The van der Waals surface area contributed by atoms with Crippen LogP contribution in [-0.2, 0) is 6.54 Å². The van der Waals surface area contributed by atoms with E-state index in [1.165, 1.54) is 5.56 Å². The number of hydrogen-bond donors (Lipinski definition) is 4. The van der Waals surface area contributed by atoms with Crippen molar-refractivity contribution >= 4 is 34.2 Å². The summed E-state index contributed by atoms with van der Waals surface area (Å²) in [5.41, 5.74) is 17.3. The van der Waals surface area contributed by atoms with Gasteiger partial charge < -0.3 is 22.2 Å². The highest BCUT2D eigenvalue weighted by atomic mass is 14.9. The van der Waals surface area contributed by atoms with Crippen LogP contribution in [0.1, 0.15) is 12.0 Å². The van der Waals surface area contributed by atoms with Crippen molar-refractivity contribution in [3.63, 3.8) is 0 Å². The molecule has 0 aromatic heterocycles. The van der Waals surface area contributed by atoms with E-state index in [-0.39, 0.29) is 0 Å². The summed E-state index contributed by atoms with van der Waals surface area (Å²) in [5.74, 6) is 0. The van der Waals surface area contributed by atoms with Crippen molar-refractivity contribution < 1.29 is 0 Å². The monoisotopic (exact) mass is 331 g/mol. The number of nitrogens with zero attached hydrogens (tertiary/aromatic N) is 1. The first-order valence-electron chi connectivity index (χ1n) is 8.09. The molecule has 0 atom stereocenters. The van der Waals surface area contributed by atoms with Crippen LogP contribution < -0.4 is 16.8 Å². The zero-order chi connectivity index (χ0) is 17.6. The lowest BCUT2D eigenvalue weighted by atomic mass is 10.1. The molecule has 5 nitrogen and oxygen atoms in total. The molecule has 1 aliphatic rings. The first-order valence-corrected chi connectivity index (χ1v) is 8.09. The molecular weight excluding hydrogens is 310 g/mol. The highest BCUT2D eigenvalue weighted by Crippen LogP contribution is 2.32. The van der Waals surface area contributed by atoms with Crippen molar-refractivity contribution in [1.82, 2.24) is 0 Å². The summed E-state index contributed by atoms with van der Waals surface area (Å²) in [6, 6.07) is 13.7. The van der Waals surface area contributed by atoms with Crippen LogP contribution in [0, 0.1) is 5.41 Å². The Hall–Kier alpha value is -3.34. The minimum atomic E-state index is 0.459. The van der Waals surface area contributed by atoms with Gasteiger partial charge in [-0.2, -0.15) is 0 Å². The fourth-order valence-corrected chi connectivity index (χ4v) is 2.52. The maximum atomic E-state index is 7.66. The van der Waals surface area contributed by atoms with Crippen molar-refractivity contribution in [3.05, 3.63) is 72.3 Å². The van der Waals surface area contributed by atoms with Gasteiger partial charge in [0.2, 0.25) is 0 Å². The summed E-state index contributed by atoms with van der Waals surface area (Å²) < 4.78 is 0. The molecule has 5 heteroatoms. The maximum absolute atomic E-state index is 7.66. The predicted octanol–water partition coefficient (Wildman–Crippen LogP) is 4.07. The number of hydrogen-bond acceptors (Lipinski definition) is 5. The van der Waals surface area contributed by atoms with Gasteiger partial charge in [0.1, 0.15) is 0 Å². The van der Waals surface area contributed by atoms with Crippen LogP contribution in [-0.4, -0.2) is 11.4 Å². The van der Waals surface area contributed by atoms with E-state index in [0.29, 0.717) is 35.7 Å². The van der Waals surface area contributed by atoms with Crippen LogP contribution in [0.5, 0.6) is 0 Å². The number of nitrogens with two attached hydrogens (primary N) is 2. The SMILES string of the molecule is N=C1C=CCC(=Nc2cc(NCc3ccccc3)c(N)cc2N)C=C1. The molecule has 0 fully saturated rings. The molecule has 0 heterocycles. The van der Waals surface area contributed by atoms with Crippen LogP contribution in [0.15, 0.2) is 71.8 Å².